The van der Waals surface area contributed by atoms with Crippen molar-refractivity contribution >= 4 is 35.2 Å². The van der Waals surface area contributed by atoms with Crippen LogP contribution in [0.4, 0.5) is 11.4 Å². The number of amides is 2. The molecule has 2 amide bonds. The second-order valence-electron chi connectivity index (χ2n) is 4.63. The van der Waals surface area contributed by atoms with Crippen molar-refractivity contribution in [2.75, 3.05) is 11.5 Å². The standard InChI is InChI=1S/C14H18N4O4/c15-9-2-3-10(16)8(7-9)1-6-13(20)18-11(14(21)22)4-5-12(17)19/h1-3,6-7,11H,4-5,15-16H2,(H2,17,19)(H,18,20)(H,21,22)/t11-/m0/s1. The van der Waals surface area contributed by atoms with Gasteiger partial charge in [0.15, 0.2) is 0 Å². The van der Waals surface area contributed by atoms with E-state index in [1.807, 2.05) is 0 Å². The summed E-state index contributed by atoms with van der Waals surface area (Å²) in [6.45, 7) is 0. The van der Waals surface area contributed by atoms with E-state index in [2.05, 4.69) is 5.32 Å². The molecular weight excluding hydrogens is 288 g/mol. The van der Waals surface area contributed by atoms with Gasteiger partial charge in [-0.3, -0.25) is 9.59 Å². The van der Waals surface area contributed by atoms with E-state index >= 15 is 0 Å². The molecule has 0 aliphatic carbocycles. The molecule has 0 aliphatic rings. The van der Waals surface area contributed by atoms with Gasteiger partial charge in [0.2, 0.25) is 11.8 Å². The highest BCUT2D eigenvalue weighted by Crippen LogP contribution is 2.16. The van der Waals surface area contributed by atoms with Gasteiger partial charge in [-0.2, -0.15) is 0 Å². The van der Waals surface area contributed by atoms with Gasteiger partial charge in [-0.05, 0) is 36.3 Å². The van der Waals surface area contributed by atoms with E-state index in [-0.39, 0.29) is 12.8 Å². The lowest BCUT2D eigenvalue weighted by molar-refractivity contribution is -0.141. The van der Waals surface area contributed by atoms with Crippen LogP contribution >= 0.6 is 0 Å². The summed E-state index contributed by atoms with van der Waals surface area (Å²) in [5, 5.41) is 11.2. The summed E-state index contributed by atoms with van der Waals surface area (Å²) in [5.74, 6) is -2.51. The van der Waals surface area contributed by atoms with Gasteiger partial charge < -0.3 is 27.6 Å². The molecule has 0 saturated heterocycles. The topological polar surface area (TPSA) is 162 Å². The van der Waals surface area contributed by atoms with E-state index in [1.54, 1.807) is 18.2 Å². The van der Waals surface area contributed by atoms with Crippen molar-refractivity contribution in [3.8, 4) is 0 Å². The second-order valence-corrected chi connectivity index (χ2v) is 4.63. The minimum Gasteiger partial charge on any atom is -0.480 e. The van der Waals surface area contributed by atoms with Crippen LogP contribution in [0.5, 0.6) is 0 Å². The third-order valence-electron chi connectivity index (χ3n) is 2.82. The van der Waals surface area contributed by atoms with Gasteiger partial charge >= 0.3 is 5.97 Å². The summed E-state index contributed by atoms with van der Waals surface area (Å²) in [5.41, 5.74) is 17.7. The predicted molar refractivity (Wildman–Crippen MR) is 82.3 cm³/mol. The molecule has 0 aromatic heterocycles. The van der Waals surface area contributed by atoms with Crippen LogP contribution in [0.25, 0.3) is 6.08 Å². The molecule has 0 heterocycles. The van der Waals surface area contributed by atoms with Crippen molar-refractivity contribution in [2.24, 2.45) is 5.73 Å². The number of hydrogen-bond donors (Lipinski definition) is 5. The Bertz CT molecular complexity index is 613. The van der Waals surface area contributed by atoms with E-state index in [0.29, 0.717) is 16.9 Å². The number of carbonyl (C=O) groups excluding carboxylic acids is 2. The van der Waals surface area contributed by atoms with E-state index in [0.717, 1.165) is 6.08 Å². The minimum absolute atomic E-state index is 0.0787. The van der Waals surface area contributed by atoms with Crippen LogP contribution in [-0.2, 0) is 14.4 Å². The van der Waals surface area contributed by atoms with Crippen molar-refractivity contribution < 1.29 is 19.5 Å². The highest BCUT2D eigenvalue weighted by molar-refractivity contribution is 5.95. The molecule has 1 atom stereocenters. The number of rotatable bonds is 7. The van der Waals surface area contributed by atoms with Crippen molar-refractivity contribution in [3.05, 3.63) is 29.8 Å². The average molecular weight is 306 g/mol. The first-order valence-corrected chi connectivity index (χ1v) is 6.44. The molecule has 1 aromatic carbocycles. The molecule has 0 fully saturated rings. The minimum atomic E-state index is -1.24. The average Bonchev–Trinajstić information content (AvgIpc) is 2.43. The van der Waals surface area contributed by atoms with Crippen molar-refractivity contribution in [3.63, 3.8) is 0 Å². The van der Waals surface area contributed by atoms with Gasteiger partial charge in [0, 0.05) is 23.9 Å². The summed E-state index contributed by atoms with van der Waals surface area (Å²) in [6, 6.07) is 3.61. The number of primary amides is 1. The molecule has 0 unspecified atom stereocenters. The Morgan fingerprint density at radius 1 is 1.27 bits per heavy atom. The molecule has 0 radical (unpaired) electrons. The molecule has 8 nitrogen and oxygen atoms in total. The van der Waals surface area contributed by atoms with E-state index in [4.69, 9.17) is 22.3 Å². The zero-order valence-electron chi connectivity index (χ0n) is 11.8. The maximum absolute atomic E-state index is 11.7. The number of carboxylic acids is 1. The molecule has 118 valence electrons. The van der Waals surface area contributed by atoms with E-state index in [1.165, 1.54) is 6.08 Å². The van der Waals surface area contributed by atoms with Gasteiger partial charge in [-0.1, -0.05) is 0 Å². The Kier molecular flexibility index (Phi) is 5.94. The van der Waals surface area contributed by atoms with Crippen LogP contribution in [0, 0.1) is 0 Å². The highest BCUT2D eigenvalue weighted by Gasteiger charge is 2.19. The van der Waals surface area contributed by atoms with Gasteiger partial charge in [-0.25, -0.2) is 4.79 Å². The summed E-state index contributed by atoms with van der Waals surface area (Å²) < 4.78 is 0. The summed E-state index contributed by atoms with van der Waals surface area (Å²) >= 11 is 0. The molecule has 1 rings (SSSR count). The second kappa shape index (κ2) is 7.67. The van der Waals surface area contributed by atoms with Crippen LogP contribution in [0.2, 0.25) is 0 Å². The molecular formula is C14H18N4O4. The first kappa shape index (κ1) is 17.0. The molecule has 8 heteroatoms. The van der Waals surface area contributed by atoms with Crippen LogP contribution in [-0.4, -0.2) is 28.9 Å². The lowest BCUT2D eigenvalue weighted by Crippen LogP contribution is -2.40. The summed E-state index contributed by atoms with van der Waals surface area (Å²) in [4.78, 5) is 33.4. The first-order chi connectivity index (χ1) is 10.3. The fourth-order valence-electron chi connectivity index (χ4n) is 1.67. The Morgan fingerprint density at radius 3 is 2.55 bits per heavy atom. The third-order valence-corrected chi connectivity index (χ3v) is 2.82. The number of nitrogens with two attached hydrogens (primary N) is 3. The third kappa shape index (κ3) is 5.53. The quantitative estimate of drug-likeness (QED) is 0.343. The Balaban J connectivity index is 2.70. The SMILES string of the molecule is NC(=O)CC[C@H](NC(=O)C=Cc1cc(N)ccc1N)C(=O)O. The lowest BCUT2D eigenvalue weighted by atomic mass is 10.1. The number of nitrogen functional groups attached to an aromatic ring is 2. The Labute approximate surface area is 127 Å². The van der Waals surface area contributed by atoms with Crippen molar-refractivity contribution in [1.82, 2.24) is 5.32 Å². The molecule has 8 N–H and O–H groups in total. The number of anilines is 2. The fraction of sp³-hybridized carbons (Fsp3) is 0.214. The van der Waals surface area contributed by atoms with Gasteiger partial charge in [-0.15, -0.1) is 0 Å². The van der Waals surface area contributed by atoms with Gasteiger partial charge in [0.05, 0.1) is 0 Å². The normalized spacial score (nSPS) is 12.0. The molecule has 0 bridgehead atoms. The zero-order chi connectivity index (χ0) is 16.7. The largest absolute Gasteiger partial charge is 0.480 e. The maximum atomic E-state index is 11.7. The monoisotopic (exact) mass is 306 g/mol. The molecule has 0 saturated carbocycles. The Morgan fingerprint density at radius 2 is 1.95 bits per heavy atom. The molecule has 22 heavy (non-hydrogen) atoms. The number of carbonyl (C=O) groups is 3. The Hall–Kier alpha value is -3.03. The predicted octanol–water partition coefficient (Wildman–Crippen LogP) is -0.301. The van der Waals surface area contributed by atoms with E-state index < -0.39 is 23.8 Å². The molecule has 0 spiro atoms. The highest BCUT2D eigenvalue weighted by atomic mass is 16.4. The van der Waals surface area contributed by atoms with Crippen LogP contribution < -0.4 is 22.5 Å². The van der Waals surface area contributed by atoms with Crippen LogP contribution in [0.15, 0.2) is 24.3 Å². The molecule has 1 aromatic rings. The van der Waals surface area contributed by atoms with Gasteiger partial charge in [0.25, 0.3) is 0 Å². The number of hydrogen-bond acceptors (Lipinski definition) is 5. The van der Waals surface area contributed by atoms with Crippen LogP contribution in [0.3, 0.4) is 0 Å². The first-order valence-electron chi connectivity index (χ1n) is 6.44. The van der Waals surface area contributed by atoms with Crippen molar-refractivity contribution in [1.29, 1.82) is 0 Å². The summed E-state index contributed by atoms with van der Waals surface area (Å²) in [6.07, 6.45) is 2.35. The van der Waals surface area contributed by atoms with Crippen LogP contribution in [0.1, 0.15) is 18.4 Å². The number of nitrogens with one attached hydrogen (secondary N) is 1. The van der Waals surface area contributed by atoms with Gasteiger partial charge in [0.1, 0.15) is 6.04 Å². The number of aliphatic carboxylic acids is 1. The fourth-order valence-corrected chi connectivity index (χ4v) is 1.67. The summed E-state index contributed by atoms with van der Waals surface area (Å²) in [7, 11) is 0. The zero-order valence-corrected chi connectivity index (χ0v) is 11.8. The number of benzene rings is 1. The van der Waals surface area contributed by atoms with E-state index in [9.17, 15) is 14.4 Å². The lowest BCUT2D eigenvalue weighted by Gasteiger charge is -2.12. The van der Waals surface area contributed by atoms with Crippen molar-refractivity contribution in [2.45, 2.75) is 18.9 Å². The smallest absolute Gasteiger partial charge is 0.326 e. The maximum Gasteiger partial charge on any atom is 0.326 e. The molecule has 0 aliphatic heterocycles. The number of carboxylic acid groups (broad SMARTS) is 1.